The van der Waals surface area contributed by atoms with E-state index in [1.807, 2.05) is 36.6 Å². The van der Waals surface area contributed by atoms with Gasteiger partial charge in [-0.15, -0.1) is 0 Å². The van der Waals surface area contributed by atoms with Crippen LogP contribution in [0.2, 0.25) is 0 Å². The molecule has 0 fully saturated rings. The van der Waals surface area contributed by atoms with Crippen molar-refractivity contribution in [2.24, 2.45) is 0 Å². The summed E-state index contributed by atoms with van der Waals surface area (Å²) in [4.78, 5) is 20.8. The minimum Gasteiger partial charge on any atom is -0.495 e. The van der Waals surface area contributed by atoms with E-state index in [1.54, 1.807) is 7.11 Å². The monoisotopic (exact) mass is 377 g/mol. The lowest BCUT2D eigenvalue weighted by Gasteiger charge is -2.13. The predicted octanol–water partition coefficient (Wildman–Crippen LogP) is 3.06. The minimum absolute atomic E-state index is 0.250. The third-order valence-corrected chi connectivity index (χ3v) is 3.65. The van der Waals surface area contributed by atoms with Crippen LogP contribution in [-0.2, 0) is 22.4 Å². The first-order chi connectivity index (χ1) is 11.1. The number of halogens is 1. The van der Waals surface area contributed by atoms with Crippen molar-refractivity contribution < 1.29 is 14.3 Å². The number of rotatable bonds is 4. The number of nitrogens with zero attached hydrogens (tertiary/aromatic N) is 3. The summed E-state index contributed by atoms with van der Waals surface area (Å²) in [6.07, 6.45) is 1.75. The zero-order valence-electron chi connectivity index (χ0n) is 13.1. The number of nitriles is 1. The molecule has 2 aromatic rings. The van der Waals surface area contributed by atoms with Gasteiger partial charge in [0.05, 0.1) is 18.5 Å². The molecule has 0 unspecified atom stereocenters. The Balaban J connectivity index is 0.000000816. The molecule has 1 heterocycles. The van der Waals surface area contributed by atoms with Crippen LogP contribution >= 0.6 is 15.9 Å². The molecule has 0 amide bonds. The SMILES string of the molecule is CCc1nc(CC)n(-c2ccc(Br)cc2OC)c1C#N.O=C=O. The minimum atomic E-state index is 0.250. The molecule has 1 aromatic heterocycles. The van der Waals surface area contributed by atoms with Crippen LogP contribution in [0.25, 0.3) is 5.69 Å². The highest BCUT2D eigenvalue weighted by molar-refractivity contribution is 9.10. The van der Waals surface area contributed by atoms with Gasteiger partial charge in [0.25, 0.3) is 0 Å². The second-order valence-electron chi connectivity index (χ2n) is 4.38. The number of aromatic nitrogens is 2. The smallest absolute Gasteiger partial charge is 0.373 e. The Hall–Kier alpha value is -2.42. The number of aryl methyl sites for hydroxylation is 2. The summed E-state index contributed by atoms with van der Waals surface area (Å²) in [6.45, 7) is 4.04. The fraction of sp³-hybridized carbons (Fsp3) is 0.312. The number of methoxy groups -OCH3 is 1. The van der Waals surface area contributed by atoms with Crippen LogP contribution < -0.4 is 4.74 Å². The summed E-state index contributed by atoms with van der Waals surface area (Å²) in [5.74, 6) is 1.59. The van der Waals surface area contributed by atoms with Gasteiger partial charge in [-0.25, -0.2) is 4.98 Å². The van der Waals surface area contributed by atoms with Crippen LogP contribution in [0, 0.1) is 11.3 Å². The van der Waals surface area contributed by atoms with Crippen molar-refractivity contribution in [3.63, 3.8) is 0 Å². The third kappa shape index (κ3) is 4.07. The van der Waals surface area contributed by atoms with Crippen molar-refractivity contribution in [3.05, 3.63) is 39.9 Å². The molecule has 0 aliphatic carbocycles. The van der Waals surface area contributed by atoms with E-state index >= 15 is 0 Å². The van der Waals surface area contributed by atoms with Crippen molar-refractivity contribution in [2.75, 3.05) is 7.11 Å². The van der Waals surface area contributed by atoms with Crippen LogP contribution in [0.4, 0.5) is 0 Å². The second kappa shape index (κ2) is 8.89. The van der Waals surface area contributed by atoms with E-state index < -0.39 is 0 Å². The van der Waals surface area contributed by atoms with Crippen LogP contribution in [0.1, 0.15) is 31.1 Å². The Morgan fingerprint density at radius 1 is 1.30 bits per heavy atom. The van der Waals surface area contributed by atoms with Crippen molar-refractivity contribution in [1.82, 2.24) is 9.55 Å². The van der Waals surface area contributed by atoms with Crippen molar-refractivity contribution in [1.29, 1.82) is 5.26 Å². The summed E-state index contributed by atoms with van der Waals surface area (Å²) < 4.78 is 8.26. The van der Waals surface area contributed by atoms with Gasteiger partial charge in [0, 0.05) is 10.9 Å². The zero-order chi connectivity index (χ0) is 17.4. The molecule has 0 saturated carbocycles. The molecule has 0 bridgehead atoms. The molecule has 7 heteroatoms. The Bertz CT molecular complexity index is 757. The largest absolute Gasteiger partial charge is 0.495 e. The number of carbonyl (C=O) groups excluding carboxylic acids is 2. The maximum absolute atomic E-state index is 9.46. The maximum atomic E-state index is 9.46. The summed E-state index contributed by atoms with van der Waals surface area (Å²) in [7, 11) is 1.63. The standard InChI is InChI=1S/C15H16BrN3O.CO2/c1-4-11-13(9-17)19(15(5-2)18-11)12-7-6-10(16)8-14(12)20-3;2-1-3/h6-8H,4-5H2,1-3H3;. The van der Waals surface area contributed by atoms with Crippen LogP contribution in [-0.4, -0.2) is 22.8 Å². The molecule has 120 valence electrons. The van der Waals surface area contributed by atoms with E-state index in [0.717, 1.165) is 34.5 Å². The Morgan fingerprint density at radius 3 is 2.43 bits per heavy atom. The van der Waals surface area contributed by atoms with Crippen LogP contribution in [0.15, 0.2) is 22.7 Å². The first-order valence-corrected chi connectivity index (χ1v) is 7.70. The van der Waals surface area contributed by atoms with Crippen molar-refractivity contribution in [2.45, 2.75) is 26.7 Å². The highest BCUT2D eigenvalue weighted by Crippen LogP contribution is 2.30. The van der Waals surface area contributed by atoms with E-state index in [4.69, 9.17) is 14.3 Å². The van der Waals surface area contributed by atoms with E-state index in [-0.39, 0.29) is 6.15 Å². The topological polar surface area (TPSA) is 85.0 Å². The highest BCUT2D eigenvalue weighted by atomic mass is 79.9. The van der Waals surface area contributed by atoms with Gasteiger partial charge in [0.2, 0.25) is 0 Å². The molecular weight excluding hydrogens is 362 g/mol. The molecular formula is C16H16BrN3O3. The fourth-order valence-corrected chi connectivity index (χ4v) is 2.55. The Morgan fingerprint density at radius 2 is 1.96 bits per heavy atom. The number of hydrogen-bond donors (Lipinski definition) is 0. The van der Waals surface area contributed by atoms with Gasteiger partial charge in [0.1, 0.15) is 23.3 Å². The number of imidazole rings is 1. The lowest BCUT2D eigenvalue weighted by Crippen LogP contribution is -2.05. The number of benzene rings is 1. The third-order valence-electron chi connectivity index (χ3n) is 3.16. The molecule has 0 radical (unpaired) electrons. The summed E-state index contributed by atoms with van der Waals surface area (Å²) in [5.41, 5.74) is 2.26. The summed E-state index contributed by atoms with van der Waals surface area (Å²) in [6, 6.07) is 8.03. The quantitative estimate of drug-likeness (QED) is 0.816. The average Bonchev–Trinajstić information content (AvgIpc) is 2.92. The molecule has 0 spiro atoms. The van der Waals surface area contributed by atoms with E-state index in [1.165, 1.54) is 0 Å². The van der Waals surface area contributed by atoms with Gasteiger partial charge in [-0.1, -0.05) is 29.8 Å². The fourth-order valence-electron chi connectivity index (χ4n) is 2.21. The van der Waals surface area contributed by atoms with Gasteiger partial charge in [-0.2, -0.15) is 14.9 Å². The predicted molar refractivity (Wildman–Crippen MR) is 86.3 cm³/mol. The van der Waals surface area contributed by atoms with Crippen LogP contribution in [0.3, 0.4) is 0 Å². The maximum Gasteiger partial charge on any atom is 0.373 e. The Kier molecular flexibility index (Phi) is 7.20. The summed E-state index contributed by atoms with van der Waals surface area (Å²) >= 11 is 3.43. The zero-order valence-corrected chi connectivity index (χ0v) is 14.7. The number of hydrogen-bond acceptors (Lipinski definition) is 5. The molecule has 0 atom stereocenters. The van der Waals surface area contributed by atoms with Crippen molar-refractivity contribution >= 4 is 22.1 Å². The Labute approximate surface area is 142 Å². The number of ether oxygens (including phenoxy) is 1. The highest BCUT2D eigenvalue weighted by Gasteiger charge is 2.18. The lowest BCUT2D eigenvalue weighted by atomic mass is 10.2. The van der Waals surface area contributed by atoms with E-state index in [9.17, 15) is 5.26 Å². The van der Waals surface area contributed by atoms with E-state index in [2.05, 4.69) is 27.0 Å². The summed E-state index contributed by atoms with van der Waals surface area (Å²) in [5, 5.41) is 9.46. The average molecular weight is 378 g/mol. The molecule has 1 aromatic carbocycles. The van der Waals surface area contributed by atoms with Gasteiger partial charge < -0.3 is 4.74 Å². The van der Waals surface area contributed by atoms with Crippen LogP contribution in [0.5, 0.6) is 5.75 Å². The van der Waals surface area contributed by atoms with Gasteiger partial charge >= 0.3 is 6.15 Å². The molecule has 0 saturated heterocycles. The lowest BCUT2D eigenvalue weighted by molar-refractivity contribution is -0.191. The molecule has 0 aliphatic heterocycles. The normalized spacial score (nSPS) is 9.35. The molecule has 23 heavy (non-hydrogen) atoms. The molecule has 0 N–H and O–H groups in total. The molecule has 0 aliphatic rings. The van der Waals surface area contributed by atoms with Gasteiger partial charge in [-0.3, -0.25) is 4.57 Å². The van der Waals surface area contributed by atoms with Crippen molar-refractivity contribution in [3.8, 4) is 17.5 Å². The molecule has 6 nitrogen and oxygen atoms in total. The van der Waals surface area contributed by atoms with Gasteiger partial charge in [0.15, 0.2) is 0 Å². The first kappa shape index (κ1) is 18.6. The van der Waals surface area contributed by atoms with Gasteiger partial charge in [-0.05, 0) is 24.6 Å². The first-order valence-electron chi connectivity index (χ1n) is 6.91. The van der Waals surface area contributed by atoms with E-state index in [0.29, 0.717) is 11.4 Å². The molecule has 2 rings (SSSR count). The second-order valence-corrected chi connectivity index (χ2v) is 5.29.